The molecule has 136 valence electrons. The summed E-state index contributed by atoms with van der Waals surface area (Å²) in [4.78, 5) is 36.5. The Kier molecular flexibility index (Phi) is 4.24. The molecule has 1 unspecified atom stereocenters. The average Bonchev–Trinajstić information content (AvgIpc) is 3.00. The van der Waals surface area contributed by atoms with Crippen molar-refractivity contribution >= 4 is 11.9 Å². The lowest BCUT2D eigenvalue weighted by atomic mass is 9.77. The molecule has 2 aliphatic heterocycles. The largest absolute Gasteiger partial charge is 0.378 e. The van der Waals surface area contributed by atoms with E-state index >= 15 is 0 Å². The monoisotopic (exact) mass is 347 g/mol. The van der Waals surface area contributed by atoms with Gasteiger partial charge in [0.25, 0.3) is 5.56 Å². The van der Waals surface area contributed by atoms with Gasteiger partial charge in [0, 0.05) is 37.2 Å². The normalized spacial score (nSPS) is 26.1. The molecule has 1 aromatic rings. The molecule has 25 heavy (non-hydrogen) atoms. The van der Waals surface area contributed by atoms with E-state index in [1.807, 2.05) is 4.90 Å². The third-order valence-corrected chi connectivity index (χ3v) is 5.77. The molecule has 8 heteroatoms. The van der Waals surface area contributed by atoms with Crippen LogP contribution in [0.5, 0.6) is 0 Å². The van der Waals surface area contributed by atoms with E-state index in [0.717, 1.165) is 56.6 Å². The lowest BCUT2D eigenvalue weighted by Crippen LogP contribution is -2.50. The number of piperidine rings is 1. The van der Waals surface area contributed by atoms with E-state index in [2.05, 4.69) is 9.88 Å². The number of hydrogen-bond donors (Lipinski definition) is 2. The maximum absolute atomic E-state index is 12.6. The van der Waals surface area contributed by atoms with Gasteiger partial charge in [0.2, 0.25) is 11.9 Å². The number of nitrogens with two attached hydrogens (primary N) is 1. The van der Waals surface area contributed by atoms with Crippen LogP contribution >= 0.6 is 0 Å². The van der Waals surface area contributed by atoms with Gasteiger partial charge in [0.1, 0.15) is 0 Å². The quantitative estimate of drug-likeness (QED) is 0.738. The van der Waals surface area contributed by atoms with Crippen molar-refractivity contribution in [1.82, 2.24) is 14.9 Å². The zero-order chi connectivity index (χ0) is 17.4. The minimum absolute atomic E-state index is 0.0224. The first-order valence-electron chi connectivity index (χ1n) is 9.07. The number of aromatic amines is 1. The summed E-state index contributed by atoms with van der Waals surface area (Å²) in [6, 6.07) is 0. The Morgan fingerprint density at radius 1 is 1.28 bits per heavy atom. The van der Waals surface area contributed by atoms with Crippen LogP contribution in [0.3, 0.4) is 0 Å². The van der Waals surface area contributed by atoms with Gasteiger partial charge >= 0.3 is 0 Å². The molecular weight excluding hydrogens is 322 g/mol. The third kappa shape index (κ3) is 2.83. The van der Waals surface area contributed by atoms with Crippen LogP contribution in [0.2, 0.25) is 0 Å². The highest BCUT2D eigenvalue weighted by atomic mass is 16.5. The third-order valence-electron chi connectivity index (χ3n) is 5.77. The van der Waals surface area contributed by atoms with Crippen LogP contribution in [0.25, 0.3) is 0 Å². The second kappa shape index (κ2) is 6.42. The summed E-state index contributed by atoms with van der Waals surface area (Å²) < 4.78 is 5.39. The fourth-order valence-corrected chi connectivity index (χ4v) is 4.44. The maximum Gasteiger partial charge on any atom is 0.255 e. The van der Waals surface area contributed by atoms with Gasteiger partial charge in [-0.3, -0.25) is 14.6 Å². The van der Waals surface area contributed by atoms with Gasteiger partial charge in [-0.15, -0.1) is 0 Å². The van der Waals surface area contributed by atoms with E-state index in [9.17, 15) is 9.59 Å². The molecule has 3 aliphatic rings. The Bertz CT molecular complexity index is 727. The van der Waals surface area contributed by atoms with Crippen molar-refractivity contribution in [2.45, 2.75) is 31.1 Å². The number of amides is 1. The minimum Gasteiger partial charge on any atom is -0.378 e. The molecule has 1 spiro atoms. The van der Waals surface area contributed by atoms with Gasteiger partial charge in [0.05, 0.1) is 25.5 Å². The molecule has 4 rings (SSSR count). The maximum atomic E-state index is 12.6. The van der Waals surface area contributed by atoms with Crippen molar-refractivity contribution in [3.8, 4) is 0 Å². The average molecular weight is 347 g/mol. The molecular formula is C17H25N5O3. The zero-order valence-corrected chi connectivity index (χ0v) is 14.4. The minimum atomic E-state index is -0.201. The molecule has 1 atom stereocenters. The number of aromatic nitrogens is 2. The predicted octanol–water partition coefficient (Wildman–Crippen LogP) is -0.628. The standard InChI is InChI=1S/C17H25N5O3/c18-10-13(23)22-5-1-3-17(11-22)4-2-12-14(17)19-16(20-15(12)24)21-6-8-25-9-7-21/h1-11,18H2,(H,19,20,24). The Morgan fingerprint density at radius 2 is 2.08 bits per heavy atom. The first-order valence-corrected chi connectivity index (χ1v) is 9.07. The number of carbonyl (C=O) groups is 1. The van der Waals surface area contributed by atoms with Crippen LogP contribution in [0.1, 0.15) is 30.5 Å². The number of H-pyrrole nitrogens is 1. The molecule has 1 aromatic heterocycles. The second-order valence-electron chi connectivity index (χ2n) is 7.22. The number of fused-ring (bicyclic) bond motifs is 2. The summed E-state index contributed by atoms with van der Waals surface area (Å²) in [5, 5.41) is 0. The number of likely N-dealkylation sites (tertiary alicyclic amines) is 1. The fraction of sp³-hybridized carbons (Fsp3) is 0.706. The van der Waals surface area contributed by atoms with Crippen LogP contribution in [0.4, 0.5) is 5.95 Å². The van der Waals surface area contributed by atoms with Crippen LogP contribution in [-0.4, -0.2) is 66.7 Å². The molecule has 8 nitrogen and oxygen atoms in total. The summed E-state index contributed by atoms with van der Waals surface area (Å²) in [6.07, 6.45) is 3.49. The Balaban J connectivity index is 1.69. The van der Waals surface area contributed by atoms with Crippen molar-refractivity contribution in [3.05, 3.63) is 21.6 Å². The number of hydrogen-bond acceptors (Lipinski definition) is 6. The van der Waals surface area contributed by atoms with Crippen molar-refractivity contribution in [2.75, 3.05) is 50.8 Å². The smallest absolute Gasteiger partial charge is 0.255 e. The van der Waals surface area contributed by atoms with Gasteiger partial charge in [0.15, 0.2) is 0 Å². The van der Waals surface area contributed by atoms with Crippen molar-refractivity contribution < 1.29 is 9.53 Å². The van der Waals surface area contributed by atoms with Crippen LogP contribution in [0.15, 0.2) is 4.79 Å². The zero-order valence-electron chi connectivity index (χ0n) is 14.4. The van der Waals surface area contributed by atoms with Gasteiger partial charge in [-0.05, 0) is 25.7 Å². The molecule has 2 fully saturated rings. The van der Waals surface area contributed by atoms with Gasteiger partial charge in [-0.2, -0.15) is 0 Å². The predicted molar refractivity (Wildman–Crippen MR) is 92.8 cm³/mol. The van der Waals surface area contributed by atoms with Gasteiger partial charge in [-0.25, -0.2) is 4.98 Å². The molecule has 3 heterocycles. The summed E-state index contributed by atoms with van der Waals surface area (Å²) in [7, 11) is 0. The lowest BCUT2D eigenvalue weighted by Gasteiger charge is -2.40. The molecule has 0 bridgehead atoms. The molecule has 2 saturated heterocycles. The van der Waals surface area contributed by atoms with Gasteiger partial charge in [-0.1, -0.05) is 0 Å². The Morgan fingerprint density at radius 3 is 2.84 bits per heavy atom. The highest BCUT2D eigenvalue weighted by molar-refractivity contribution is 5.78. The summed E-state index contributed by atoms with van der Waals surface area (Å²) >= 11 is 0. The van der Waals surface area contributed by atoms with E-state index < -0.39 is 0 Å². The van der Waals surface area contributed by atoms with Crippen molar-refractivity contribution in [3.63, 3.8) is 0 Å². The van der Waals surface area contributed by atoms with Crippen LogP contribution in [0, 0.1) is 0 Å². The second-order valence-corrected chi connectivity index (χ2v) is 7.22. The summed E-state index contributed by atoms with van der Waals surface area (Å²) in [5.41, 5.74) is 7.00. The Labute approximate surface area is 146 Å². The number of rotatable bonds is 2. The highest BCUT2D eigenvalue weighted by Gasteiger charge is 2.45. The van der Waals surface area contributed by atoms with Crippen LogP contribution < -0.4 is 16.2 Å². The summed E-state index contributed by atoms with van der Waals surface area (Å²) in [5.74, 6) is 0.612. The molecule has 3 N–H and O–H groups in total. The Hall–Kier alpha value is -1.93. The van der Waals surface area contributed by atoms with E-state index in [1.54, 1.807) is 0 Å². The first kappa shape index (κ1) is 16.5. The van der Waals surface area contributed by atoms with Gasteiger partial charge < -0.3 is 20.3 Å². The molecule has 1 aliphatic carbocycles. The summed E-state index contributed by atoms with van der Waals surface area (Å²) in [6.45, 7) is 4.14. The molecule has 0 radical (unpaired) electrons. The number of morpholine rings is 1. The fourth-order valence-electron chi connectivity index (χ4n) is 4.44. The number of nitrogens with zero attached hydrogens (tertiary/aromatic N) is 3. The van der Waals surface area contributed by atoms with Crippen molar-refractivity contribution in [2.24, 2.45) is 5.73 Å². The van der Waals surface area contributed by atoms with E-state index in [-0.39, 0.29) is 23.4 Å². The lowest BCUT2D eigenvalue weighted by molar-refractivity contribution is -0.131. The molecule has 1 amide bonds. The van der Waals surface area contributed by atoms with Crippen molar-refractivity contribution in [1.29, 1.82) is 0 Å². The number of anilines is 1. The number of nitrogens with one attached hydrogen (secondary N) is 1. The van der Waals surface area contributed by atoms with E-state index in [0.29, 0.717) is 25.7 Å². The molecule has 0 aromatic carbocycles. The first-order chi connectivity index (χ1) is 12.1. The van der Waals surface area contributed by atoms with E-state index in [1.165, 1.54) is 0 Å². The highest BCUT2D eigenvalue weighted by Crippen LogP contribution is 2.43. The molecule has 0 saturated carbocycles. The topological polar surface area (TPSA) is 105 Å². The number of carbonyl (C=O) groups excluding carboxylic acids is 1. The SMILES string of the molecule is NCC(=O)N1CCCC2(CCc3c2nc(N2CCOCC2)[nH]c3=O)C1. The van der Waals surface area contributed by atoms with E-state index in [4.69, 9.17) is 15.5 Å². The number of ether oxygens (including phenoxy) is 1. The van der Waals surface area contributed by atoms with Crippen LogP contribution in [-0.2, 0) is 21.4 Å².